The van der Waals surface area contributed by atoms with Crippen LogP contribution in [0.5, 0.6) is 0 Å². The Hall–Kier alpha value is -2.93. The summed E-state index contributed by atoms with van der Waals surface area (Å²) in [5.74, 6) is -0.149. The van der Waals surface area contributed by atoms with Gasteiger partial charge in [0.1, 0.15) is 5.82 Å². The number of hydrogen-bond acceptors (Lipinski definition) is 0. The molecule has 30 heavy (non-hydrogen) atoms. The number of benzene rings is 4. The lowest BCUT2D eigenvalue weighted by molar-refractivity contribution is 0.632. The van der Waals surface area contributed by atoms with E-state index in [9.17, 15) is 0 Å². The lowest BCUT2D eigenvalue weighted by Gasteiger charge is -2.10. The third-order valence-electron chi connectivity index (χ3n) is 5.90. The minimum Gasteiger partial charge on any atom is -0.206 e. The molecule has 1 heteroatoms. The fourth-order valence-corrected chi connectivity index (χ4v) is 4.11. The predicted octanol–water partition coefficient (Wildman–Crippen LogP) is 8.83. The zero-order chi connectivity index (χ0) is 20.8. The van der Waals surface area contributed by atoms with Crippen molar-refractivity contribution >= 4 is 10.8 Å². The molecule has 0 aliphatic carbocycles. The molecule has 0 unspecified atom stereocenters. The van der Waals surface area contributed by atoms with Crippen molar-refractivity contribution in [3.05, 3.63) is 96.3 Å². The largest absolute Gasteiger partial charge is 0.206 e. The number of aryl methyl sites for hydroxylation is 1. The molecule has 0 amide bonds. The van der Waals surface area contributed by atoms with Gasteiger partial charge in [0.25, 0.3) is 0 Å². The zero-order valence-corrected chi connectivity index (χ0v) is 17.7. The van der Waals surface area contributed by atoms with Gasteiger partial charge >= 0.3 is 0 Å². The van der Waals surface area contributed by atoms with Crippen molar-refractivity contribution < 1.29 is 4.39 Å². The highest BCUT2D eigenvalue weighted by atomic mass is 19.1. The molecular formula is C29H29F. The minimum atomic E-state index is -0.149. The van der Waals surface area contributed by atoms with E-state index in [-0.39, 0.29) is 5.82 Å². The highest BCUT2D eigenvalue weighted by Crippen LogP contribution is 2.31. The van der Waals surface area contributed by atoms with Crippen LogP contribution in [0.1, 0.15) is 44.6 Å². The molecule has 0 aliphatic heterocycles. The molecular weight excluding hydrogens is 367 g/mol. The van der Waals surface area contributed by atoms with Gasteiger partial charge in [-0.3, -0.25) is 0 Å². The molecule has 0 radical (unpaired) electrons. The molecule has 0 spiro atoms. The van der Waals surface area contributed by atoms with E-state index in [2.05, 4.69) is 37.3 Å². The van der Waals surface area contributed by atoms with E-state index in [0.29, 0.717) is 10.9 Å². The predicted molar refractivity (Wildman–Crippen MR) is 127 cm³/mol. The van der Waals surface area contributed by atoms with Crippen molar-refractivity contribution in [1.29, 1.82) is 0 Å². The van der Waals surface area contributed by atoms with Crippen LogP contribution in [-0.4, -0.2) is 0 Å². The van der Waals surface area contributed by atoms with Crippen molar-refractivity contribution in [3.63, 3.8) is 0 Å². The van der Waals surface area contributed by atoms with Crippen molar-refractivity contribution in [2.24, 2.45) is 0 Å². The van der Waals surface area contributed by atoms with E-state index in [1.165, 1.54) is 43.2 Å². The fraction of sp³-hybridized carbons (Fsp3) is 0.241. The molecule has 0 aromatic heterocycles. The number of halogens is 1. The summed E-state index contributed by atoms with van der Waals surface area (Å²) >= 11 is 0. The SMILES string of the molecule is CCCCCCCc1ccc(-c2ccc3c(F)c(-c4ccccc4)ccc3c2)cc1. The molecule has 0 heterocycles. The maximum absolute atomic E-state index is 15.1. The van der Waals surface area contributed by atoms with Gasteiger partial charge in [0.15, 0.2) is 0 Å². The van der Waals surface area contributed by atoms with E-state index in [1.54, 1.807) is 0 Å². The van der Waals surface area contributed by atoms with Crippen LogP contribution >= 0.6 is 0 Å². The van der Waals surface area contributed by atoms with E-state index < -0.39 is 0 Å². The summed E-state index contributed by atoms with van der Waals surface area (Å²) in [6.07, 6.45) is 7.70. The summed E-state index contributed by atoms with van der Waals surface area (Å²) in [5.41, 5.74) is 5.27. The fourth-order valence-electron chi connectivity index (χ4n) is 4.11. The second-order valence-electron chi connectivity index (χ2n) is 8.09. The van der Waals surface area contributed by atoms with Crippen LogP contribution in [0.3, 0.4) is 0 Å². The Balaban J connectivity index is 1.52. The Bertz CT molecular complexity index is 1090. The van der Waals surface area contributed by atoms with Gasteiger partial charge in [-0.05, 0) is 46.5 Å². The monoisotopic (exact) mass is 396 g/mol. The standard InChI is InChI=1S/C29H29F/c1-2-3-4-5-7-10-22-13-15-23(16-14-22)25-17-19-28-26(21-25)18-20-27(29(28)30)24-11-8-6-9-12-24/h6,8-9,11-21H,2-5,7,10H2,1H3. The topological polar surface area (TPSA) is 0 Å². The molecule has 0 bridgehead atoms. The maximum atomic E-state index is 15.1. The summed E-state index contributed by atoms with van der Waals surface area (Å²) in [5, 5.41) is 1.61. The van der Waals surface area contributed by atoms with Gasteiger partial charge in [0, 0.05) is 10.9 Å². The lowest BCUT2D eigenvalue weighted by Crippen LogP contribution is -1.89. The van der Waals surface area contributed by atoms with Crippen molar-refractivity contribution in [2.75, 3.05) is 0 Å². The van der Waals surface area contributed by atoms with Gasteiger partial charge in [0.2, 0.25) is 0 Å². The Morgan fingerprint density at radius 3 is 2.13 bits per heavy atom. The quantitative estimate of drug-likeness (QED) is 0.261. The average Bonchev–Trinajstić information content (AvgIpc) is 2.80. The van der Waals surface area contributed by atoms with Crippen LogP contribution in [0.2, 0.25) is 0 Å². The molecule has 0 saturated carbocycles. The van der Waals surface area contributed by atoms with E-state index in [1.807, 2.05) is 54.6 Å². The van der Waals surface area contributed by atoms with Crippen LogP contribution in [0.25, 0.3) is 33.0 Å². The number of fused-ring (bicyclic) bond motifs is 1. The highest BCUT2D eigenvalue weighted by molar-refractivity contribution is 5.91. The first kappa shape index (κ1) is 20.3. The molecule has 0 saturated heterocycles. The van der Waals surface area contributed by atoms with Gasteiger partial charge < -0.3 is 0 Å². The van der Waals surface area contributed by atoms with Gasteiger partial charge in [-0.25, -0.2) is 4.39 Å². The minimum absolute atomic E-state index is 0.149. The summed E-state index contributed by atoms with van der Waals surface area (Å²) in [6.45, 7) is 2.25. The van der Waals surface area contributed by atoms with Crippen molar-refractivity contribution in [3.8, 4) is 22.3 Å². The lowest BCUT2D eigenvalue weighted by atomic mass is 9.96. The first-order valence-corrected chi connectivity index (χ1v) is 11.1. The van der Waals surface area contributed by atoms with E-state index in [0.717, 1.165) is 22.9 Å². The normalized spacial score (nSPS) is 11.1. The molecule has 0 fully saturated rings. The first-order valence-electron chi connectivity index (χ1n) is 11.1. The van der Waals surface area contributed by atoms with E-state index in [4.69, 9.17) is 0 Å². The summed E-state index contributed by atoms with van der Waals surface area (Å²) in [6, 6.07) is 28.5. The third kappa shape index (κ3) is 4.62. The number of unbranched alkanes of at least 4 members (excludes halogenated alkanes) is 4. The molecule has 0 atom stereocenters. The average molecular weight is 397 g/mol. The zero-order valence-electron chi connectivity index (χ0n) is 17.7. The van der Waals surface area contributed by atoms with Crippen LogP contribution in [-0.2, 0) is 6.42 Å². The van der Waals surface area contributed by atoms with Crippen LogP contribution in [0, 0.1) is 5.82 Å². The third-order valence-corrected chi connectivity index (χ3v) is 5.90. The van der Waals surface area contributed by atoms with Gasteiger partial charge in [-0.15, -0.1) is 0 Å². The second-order valence-corrected chi connectivity index (χ2v) is 8.09. The Labute approximate surface area is 179 Å². The molecule has 4 rings (SSSR count). The summed E-state index contributed by atoms with van der Waals surface area (Å²) in [7, 11) is 0. The van der Waals surface area contributed by atoms with Crippen LogP contribution in [0.4, 0.5) is 4.39 Å². The Morgan fingerprint density at radius 1 is 0.633 bits per heavy atom. The number of rotatable bonds is 8. The maximum Gasteiger partial charge on any atom is 0.138 e. The second kappa shape index (κ2) is 9.71. The first-order chi connectivity index (χ1) is 14.8. The molecule has 152 valence electrons. The van der Waals surface area contributed by atoms with Crippen molar-refractivity contribution in [2.45, 2.75) is 45.4 Å². The van der Waals surface area contributed by atoms with Crippen LogP contribution in [0.15, 0.2) is 84.9 Å². The molecule has 0 nitrogen and oxygen atoms in total. The molecule has 4 aromatic rings. The number of hydrogen-bond donors (Lipinski definition) is 0. The molecule has 0 aliphatic rings. The van der Waals surface area contributed by atoms with Crippen LogP contribution < -0.4 is 0 Å². The van der Waals surface area contributed by atoms with Gasteiger partial charge in [-0.2, -0.15) is 0 Å². The highest BCUT2D eigenvalue weighted by Gasteiger charge is 2.10. The van der Waals surface area contributed by atoms with Gasteiger partial charge in [-0.1, -0.05) is 111 Å². The summed E-state index contributed by atoms with van der Waals surface area (Å²) in [4.78, 5) is 0. The summed E-state index contributed by atoms with van der Waals surface area (Å²) < 4.78 is 15.1. The smallest absolute Gasteiger partial charge is 0.138 e. The Morgan fingerprint density at radius 2 is 1.37 bits per heavy atom. The molecule has 4 aromatic carbocycles. The Kier molecular flexibility index (Phi) is 6.59. The molecule has 0 N–H and O–H groups in total. The van der Waals surface area contributed by atoms with Crippen molar-refractivity contribution in [1.82, 2.24) is 0 Å². The van der Waals surface area contributed by atoms with Gasteiger partial charge in [0.05, 0.1) is 0 Å². The van der Waals surface area contributed by atoms with E-state index >= 15 is 4.39 Å².